The molecule has 7 nitrogen and oxygen atoms in total. The molecule has 0 N–H and O–H groups in total. The molecule has 0 saturated heterocycles. The van der Waals surface area contributed by atoms with E-state index in [1.165, 1.54) is 4.68 Å². The minimum Gasteiger partial charge on any atom is -0.465 e. The van der Waals surface area contributed by atoms with Crippen molar-refractivity contribution in [2.45, 2.75) is 27.2 Å². The van der Waals surface area contributed by atoms with Gasteiger partial charge in [0.15, 0.2) is 5.82 Å². The molecule has 0 amide bonds. The summed E-state index contributed by atoms with van der Waals surface area (Å²) in [7, 11) is 1.71. The molecular weight excluding hydrogens is 358 g/mol. The van der Waals surface area contributed by atoms with Gasteiger partial charge in [-0.1, -0.05) is 11.6 Å². The Bertz CT molecular complexity index is 784. The molecule has 0 aliphatic heterocycles. The van der Waals surface area contributed by atoms with Crippen LogP contribution in [-0.2, 0) is 32.5 Å². The van der Waals surface area contributed by atoms with Crippen LogP contribution in [0.3, 0.4) is 0 Å². The van der Waals surface area contributed by atoms with Crippen molar-refractivity contribution >= 4 is 23.5 Å². The molecule has 8 heteroatoms. The van der Waals surface area contributed by atoms with E-state index >= 15 is 0 Å². The number of carbonyl (C=O) groups is 2. The molecule has 0 bridgehead atoms. The summed E-state index contributed by atoms with van der Waals surface area (Å²) in [5, 5.41) is 4.93. The van der Waals surface area contributed by atoms with Crippen molar-refractivity contribution in [3.63, 3.8) is 0 Å². The Balaban J connectivity index is 1.99. The minimum atomic E-state index is -0.903. The third-order valence-electron chi connectivity index (χ3n) is 3.68. The fraction of sp³-hybridized carbons (Fsp3) is 0.444. The second-order valence-corrected chi connectivity index (χ2v) is 6.86. The minimum absolute atomic E-state index is 0.0456. The van der Waals surface area contributed by atoms with Crippen molar-refractivity contribution in [1.82, 2.24) is 14.8 Å². The van der Waals surface area contributed by atoms with E-state index < -0.39 is 17.4 Å². The molecule has 2 aromatic rings. The second kappa shape index (κ2) is 8.31. The zero-order valence-electron chi connectivity index (χ0n) is 15.3. The molecule has 1 aromatic carbocycles. The van der Waals surface area contributed by atoms with E-state index in [0.717, 1.165) is 5.56 Å². The monoisotopic (exact) mass is 379 g/mol. The van der Waals surface area contributed by atoms with E-state index in [0.29, 0.717) is 16.7 Å². The van der Waals surface area contributed by atoms with Crippen LogP contribution in [0.15, 0.2) is 24.3 Å². The second-order valence-electron chi connectivity index (χ2n) is 6.42. The SMILES string of the molecule is CCOC(=O)C(C)(C)COC(=O)Cc1nc(-c2ccc(Cl)cc2)nn1C. The third kappa shape index (κ3) is 5.05. The number of hydrogen-bond donors (Lipinski definition) is 0. The fourth-order valence-corrected chi connectivity index (χ4v) is 2.24. The van der Waals surface area contributed by atoms with Crippen LogP contribution in [0.1, 0.15) is 26.6 Å². The first-order chi connectivity index (χ1) is 12.2. The maximum Gasteiger partial charge on any atom is 0.314 e. The van der Waals surface area contributed by atoms with Gasteiger partial charge in [0.05, 0.1) is 12.0 Å². The summed E-state index contributed by atoms with van der Waals surface area (Å²) in [5.41, 5.74) is -0.104. The number of aryl methyl sites for hydroxylation is 1. The maximum atomic E-state index is 12.1. The number of benzene rings is 1. The molecule has 0 atom stereocenters. The molecule has 0 radical (unpaired) electrons. The number of carbonyl (C=O) groups excluding carboxylic acids is 2. The largest absolute Gasteiger partial charge is 0.465 e. The summed E-state index contributed by atoms with van der Waals surface area (Å²) in [6.45, 7) is 5.28. The quantitative estimate of drug-likeness (QED) is 0.688. The average Bonchev–Trinajstić information content (AvgIpc) is 2.94. The van der Waals surface area contributed by atoms with Crippen LogP contribution in [0, 0.1) is 5.41 Å². The summed E-state index contributed by atoms with van der Waals surface area (Å²) in [6.07, 6.45) is -0.0456. The van der Waals surface area contributed by atoms with Crippen LogP contribution in [0.5, 0.6) is 0 Å². The van der Waals surface area contributed by atoms with E-state index in [1.54, 1.807) is 40.0 Å². The van der Waals surface area contributed by atoms with Crippen LogP contribution < -0.4 is 0 Å². The topological polar surface area (TPSA) is 83.3 Å². The van der Waals surface area contributed by atoms with E-state index in [9.17, 15) is 9.59 Å². The first kappa shape index (κ1) is 19.9. The normalized spacial score (nSPS) is 11.3. The molecule has 0 aliphatic carbocycles. The molecular formula is C18H22ClN3O4. The Morgan fingerprint density at radius 1 is 1.19 bits per heavy atom. The highest BCUT2D eigenvalue weighted by molar-refractivity contribution is 6.30. The molecule has 0 unspecified atom stereocenters. The zero-order chi connectivity index (χ0) is 19.3. The summed E-state index contributed by atoms with van der Waals surface area (Å²) < 4.78 is 11.7. The zero-order valence-corrected chi connectivity index (χ0v) is 16.0. The number of nitrogens with zero attached hydrogens (tertiary/aromatic N) is 3. The van der Waals surface area contributed by atoms with Gasteiger partial charge in [0.1, 0.15) is 18.9 Å². The van der Waals surface area contributed by atoms with Crippen LogP contribution in [-0.4, -0.2) is 39.9 Å². The highest BCUT2D eigenvalue weighted by Gasteiger charge is 2.31. The van der Waals surface area contributed by atoms with Crippen molar-refractivity contribution in [1.29, 1.82) is 0 Å². The lowest BCUT2D eigenvalue weighted by atomic mass is 9.95. The standard InChI is InChI=1S/C18H22ClN3O4/c1-5-25-17(24)18(2,3)11-26-15(23)10-14-20-16(21-22(14)4)12-6-8-13(19)9-7-12/h6-9H,5,10-11H2,1-4H3. The van der Waals surface area contributed by atoms with Gasteiger partial charge in [-0.05, 0) is 45.0 Å². The van der Waals surface area contributed by atoms with Gasteiger partial charge in [-0.2, -0.15) is 5.10 Å². The molecule has 1 heterocycles. The van der Waals surface area contributed by atoms with Gasteiger partial charge in [0.25, 0.3) is 0 Å². The summed E-state index contributed by atoms with van der Waals surface area (Å²) in [5.74, 6) is 0.0738. The highest BCUT2D eigenvalue weighted by atomic mass is 35.5. The number of esters is 2. The van der Waals surface area contributed by atoms with Crippen LogP contribution in [0.4, 0.5) is 0 Å². The van der Waals surface area contributed by atoms with Crippen molar-refractivity contribution < 1.29 is 19.1 Å². The molecule has 2 rings (SSSR count). The molecule has 0 spiro atoms. The highest BCUT2D eigenvalue weighted by Crippen LogP contribution is 2.20. The molecule has 0 fully saturated rings. The first-order valence-corrected chi connectivity index (χ1v) is 8.59. The Morgan fingerprint density at radius 2 is 1.85 bits per heavy atom. The lowest BCUT2D eigenvalue weighted by Crippen LogP contribution is -2.33. The van der Waals surface area contributed by atoms with Crippen LogP contribution in [0.2, 0.25) is 5.02 Å². The van der Waals surface area contributed by atoms with Crippen molar-refractivity contribution in [3.8, 4) is 11.4 Å². The molecule has 1 aromatic heterocycles. The Labute approximate surface area is 157 Å². The van der Waals surface area contributed by atoms with Crippen molar-refractivity contribution in [2.24, 2.45) is 12.5 Å². The van der Waals surface area contributed by atoms with E-state index in [4.69, 9.17) is 21.1 Å². The average molecular weight is 380 g/mol. The maximum absolute atomic E-state index is 12.1. The fourth-order valence-electron chi connectivity index (χ4n) is 2.12. The van der Waals surface area contributed by atoms with Gasteiger partial charge in [0.2, 0.25) is 0 Å². The molecule has 0 saturated carbocycles. The predicted molar refractivity (Wildman–Crippen MR) is 96.5 cm³/mol. The Hall–Kier alpha value is -2.41. The van der Waals surface area contributed by atoms with Gasteiger partial charge in [0, 0.05) is 17.6 Å². The number of aromatic nitrogens is 3. The van der Waals surface area contributed by atoms with Gasteiger partial charge < -0.3 is 9.47 Å². The van der Waals surface area contributed by atoms with Gasteiger partial charge in [-0.25, -0.2) is 4.98 Å². The Morgan fingerprint density at radius 3 is 2.46 bits per heavy atom. The van der Waals surface area contributed by atoms with Gasteiger partial charge in [-0.15, -0.1) is 0 Å². The summed E-state index contributed by atoms with van der Waals surface area (Å²) in [4.78, 5) is 28.3. The first-order valence-electron chi connectivity index (χ1n) is 8.21. The number of hydrogen-bond acceptors (Lipinski definition) is 6. The third-order valence-corrected chi connectivity index (χ3v) is 3.93. The van der Waals surface area contributed by atoms with Crippen molar-refractivity contribution in [3.05, 3.63) is 35.1 Å². The van der Waals surface area contributed by atoms with Gasteiger partial charge >= 0.3 is 11.9 Å². The smallest absolute Gasteiger partial charge is 0.314 e. The number of ether oxygens (including phenoxy) is 2. The van der Waals surface area contributed by atoms with E-state index in [-0.39, 0.29) is 19.6 Å². The number of rotatable bonds is 7. The van der Waals surface area contributed by atoms with Crippen LogP contribution >= 0.6 is 11.6 Å². The van der Waals surface area contributed by atoms with Crippen molar-refractivity contribution in [2.75, 3.05) is 13.2 Å². The molecule has 140 valence electrons. The van der Waals surface area contributed by atoms with Gasteiger partial charge in [-0.3, -0.25) is 14.3 Å². The van der Waals surface area contributed by atoms with E-state index in [2.05, 4.69) is 10.1 Å². The van der Waals surface area contributed by atoms with Crippen LogP contribution in [0.25, 0.3) is 11.4 Å². The lowest BCUT2D eigenvalue weighted by Gasteiger charge is -2.21. The summed E-state index contributed by atoms with van der Waals surface area (Å²) >= 11 is 5.88. The predicted octanol–water partition coefficient (Wildman–Crippen LogP) is 2.81. The van der Waals surface area contributed by atoms with E-state index in [1.807, 2.05) is 12.1 Å². The molecule has 26 heavy (non-hydrogen) atoms. The molecule has 0 aliphatic rings. The summed E-state index contributed by atoms with van der Waals surface area (Å²) in [6, 6.07) is 7.11. The lowest BCUT2D eigenvalue weighted by molar-refractivity contribution is -0.160. The Kier molecular flexibility index (Phi) is 6.37. The number of halogens is 1.